The fourth-order valence-corrected chi connectivity index (χ4v) is 3.01. The molecule has 0 fully saturated rings. The van der Waals surface area contributed by atoms with Gasteiger partial charge in [-0.1, -0.05) is 18.2 Å². The number of para-hydroxylation sites is 1. The van der Waals surface area contributed by atoms with Crippen molar-refractivity contribution in [3.05, 3.63) is 41.6 Å². The Morgan fingerprint density at radius 2 is 1.72 bits per heavy atom. The van der Waals surface area contributed by atoms with E-state index in [2.05, 4.69) is 0 Å². The minimum Gasteiger partial charge on any atom is -0.465 e. The molecule has 0 radical (unpaired) electrons. The first-order valence-corrected chi connectivity index (χ1v) is 8.25. The number of esters is 2. The summed E-state index contributed by atoms with van der Waals surface area (Å²) in [6.07, 6.45) is 1.68. The Kier molecular flexibility index (Phi) is 4.70. The maximum atomic E-state index is 12.8. The van der Waals surface area contributed by atoms with Gasteiger partial charge in [0.1, 0.15) is 0 Å². The van der Waals surface area contributed by atoms with Crippen molar-refractivity contribution in [2.24, 2.45) is 5.92 Å². The van der Waals surface area contributed by atoms with Crippen molar-refractivity contribution in [2.45, 2.75) is 20.3 Å². The number of rotatable bonds is 6. The summed E-state index contributed by atoms with van der Waals surface area (Å²) in [5.74, 6) is -2.70. The fourth-order valence-electron chi connectivity index (χ4n) is 3.01. The van der Waals surface area contributed by atoms with E-state index < -0.39 is 17.9 Å². The number of fused-ring (bicyclic) bond motifs is 3. The van der Waals surface area contributed by atoms with Crippen molar-refractivity contribution >= 4 is 34.8 Å². The molecule has 0 spiro atoms. The zero-order valence-electron chi connectivity index (χ0n) is 14.2. The van der Waals surface area contributed by atoms with E-state index in [0.717, 1.165) is 16.6 Å². The van der Waals surface area contributed by atoms with Crippen LogP contribution in [0.5, 0.6) is 0 Å². The molecule has 1 aliphatic heterocycles. The maximum absolute atomic E-state index is 12.8. The minimum absolute atomic E-state index is 0.0352. The van der Waals surface area contributed by atoms with E-state index in [1.54, 1.807) is 24.5 Å². The summed E-state index contributed by atoms with van der Waals surface area (Å²) in [5, 5.41) is 0.966. The Morgan fingerprint density at radius 3 is 2.36 bits per heavy atom. The molecule has 6 nitrogen and oxygen atoms in total. The summed E-state index contributed by atoms with van der Waals surface area (Å²) in [6, 6.07) is 9.47. The van der Waals surface area contributed by atoms with Crippen LogP contribution in [0.2, 0.25) is 0 Å². The first-order chi connectivity index (χ1) is 12.1. The van der Waals surface area contributed by atoms with E-state index in [0.29, 0.717) is 5.57 Å². The molecule has 0 aliphatic carbocycles. The molecular formula is C19H19NO5. The minimum atomic E-state index is -1.13. The van der Waals surface area contributed by atoms with Crippen LogP contribution in [0, 0.1) is 5.92 Å². The average molecular weight is 341 g/mol. The zero-order valence-corrected chi connectivity index (χ0v) is 14.2. The van der Waals surface area contributed by atoms with E-state index in [4.69, 9.17) is 9.47 Å². The van der Waals surface area contributed by atoms with Crippen LogP contribution in [-0.4, -0.2) is 35.6 Å². The zero-order chi connectivity index (χ0) is 18.0. The molecule has 0 unspecified atom stereocenters. The lowest BCUT2D eigenvalue weighted by Gasteiger charge is -2.14. The first kappa shape index (κ1) is 17.0. The van der Waals surface area contributed by atoms with Crippen LogP contribution in [-0.2, 0) is 19.1 Å². The van der Waals surface area contributed by atoms with Gasteiger partial charge in [0.2, 0.25) is 0 Å². The molecule has 25 heavy (non-hydrogen) atoms. The first-order valence-electron chi connectivity index (χ1n) is 8.25. The van der Waals surface area contributed by atoms with Gasteiger partial charge in [-0.05, 0) is 32.1 Å². The number of carbonyl (C=O) groups excluding carboxylic acids is 3. The molecule has 1 aromatic carbocycles. The lowest BCUT2D eigenvalue weighted by Crippen LogP contribution is -2.29. The number of ether oxygens (including phenoxy) is 2. The lowest BCUT2D eigenvalue weighted by atomic mass is 9.99. The van der Waals surface area contributed by atoms with E-state index in [9.17, 15) is 14.4 Å². The molecule has 0 bridgehead atoms. The molecule has 6 heteroatoms. The van der Waals surface area contributed by atoms with E-state index in [1.807, 2.05) is 30.3 Å². The molecular weight excluding hydrogens is 322 g/mol. The number of benzene rings is 1. The third kappa shape index (κ3) is 3.07. The van der Waals surface area contributed by atoms with Gasteiger partial charge in [0.15, 0.2) is 5.92 Å². The Morgan fingerprint density at radius 1 is 1.08 bits per heavy atom. The largest absolute Gasteiger partial charge is 0.465 e. The highest BCUT2D eigenvalue weighted by Crippen LogP contribution is 2.31. The SMILES string of the molecule is CCOC(=O)C(CC1=Cc2cc3ccccc3n2C1=O)C(=O)OCC. The fraction of sp³-hybridized carbons (Fsp3) is 0.316. The second-order valence-electron chi connectivity index (χ2n) is 5.70. The molecule has 130 valence electrons. The summed E-state index contributed by atoms with van der Waals surface area (Å²) >= 11 is 0. The summed E-state index contributed by atoms with van der Waals surface area (Å²) in [5.41, 5.74) is 1.94. The molecule has 1 aliphatic rings. The quantitative estimate of drug-likeness (QED) is 0.596. The third-order valence-electron chi connectivity index (χ3n) is 4.11. The van der Waals surface area contributed by atoms with Crippen molar-refractivity contribution in [1.82, 2.24) is 4.57 Å². The number of nitrogens with zero attached hydrogens (tertiary/aromatic N) is 1. The Balaban J connectivity index is 1.88. The molecule has 2 heterocycles. The molecule has 2 aromatic rings. The monoisotopic (exact) mass is 341 g/mol. The van der Waals surface area contributed by atoms with Crippen molar-refractivity contribution in [3.8, 4) is 0 Å². The smallest absolute Gasteiger partial charge is 0.320 e. The number of aromatic nitrogens is 1. The van der Waals surface area contributed by atoms with Gasteiger partial charge in [-0.2, -0.15) is 0 Å². The summed E-state index contributed by atoms with van der Waals surface area (Å²) in [4.78, 5) is 37.0. The van der Waals surface area contributed by atoms with Gasteiger partial charge in [-0.15, -0.1) is 0 Å². The van der Waals surface area contributed by atoms with Crippen molar-refractivity contribution in [1.29, 1.82) is 0 Å². The number of hydrogen-bond acceptors (Lipinski definition) is 5. The van der Waals surface area contributed by atoms with Crippen molar-refractivity contribution in [2.75, 3.05) is 13.2 Å². The van der Waals surface area contributed by atoms with Crippen LogP contribution in [0.25, 0.3) is 17.0 Å². The van der Waals surface area contributed by atoms with Gasteiger partial charge in [-0.25, -0.2) is 0 Å². The summed E-state index contributed by atoms with van der Waals surface area (Å²) < 4.78 is 11.5. The molecule has 1 aromatic heterocycles. The lowest BCUT2D eigenvalue weighted by molar-refractivity contribution is -0.161. The van der Waals surface area contributed by atoms with Crippen LogP contribution < -0.4 is 0 Å². The molecule has 0 amide bonds. The molecule has 3 rings (SSSR count). The van der Waals surface area contributed by atoms with Crippen LogP contribution in [0.15, 0.2) is 35.9 Å². The van der Waals surface area contributed by atoms with Gasteiger partial charge in [0.05, 0.1) is 24.4 Å². The van der Waals surface area contributed by atoms with E-state index in [-0.39, 0.29) is 25.5 Å². The normalized spacial score (nSPS) is 13.1. The van der Waals surface area contributed by atoms with Gasteiger partial charge < -0.3 is 9.47 Å². The highest BCUT2D eigenvalue weighted by Gasteiger charge is 2.34. The molecule has 0 N–H and O–H groups in total. The Bertz CT molecular complexity index is 859. The van der Waals surface area contributed by atoms with Crippen LogP contribution in [0.3, 0.4) is 0 Å². The summed E-state index contributed by atoms with van der Waals surface area (Å²) in [6.45, 7) is 3.65. The van der Waals surface area contributed by atoms with Crippen molar-refractivity contribution in [3.63, 3.8) is 0 Å². The van der Waals surface area contributed by atoms with Gasteiger partial charge in [0, 0.05) is 17.4 Å². The molecule has 0 atom stereocenters. The second kappa shape index (κ2) is 6.93. The number of carbonyl (C=O) groups is 3. The molecule has 0 saturated heterocycles. The predicted octanol–water partition coefficient (Wildman–Crippen LogP) is 2.81. The Hall–Kier alpha value is -2.89. The maximum Gasteiger partial charge on any atom is 0.320 e. The van der Waals surface area contributed by atoms with Crippen LogP contribution >= 0.6 is 0 Å². The molecule has 0 saturated carbocycles. The number of hydrogen-bond donors (Lipinski definition) is 0. The highest BCUT2D eigenvalue weighted by atomic mass is 16.6. The Labute approximate surface area is 145 Å². The van der Waals surface area contributed by atoms with E-state index >= 15 is 0 Å². The van der Waals surface area contributed by atoms with E-state index in [1.165, 1.54) is 0 Å². The standard InChI is InChI=1S/C19H19NO5/c1-3-24-18(22)15(19(23)25-4-2)11-13-10-14-9-12-7-5-6-8-16(12)20(14)17(13)21/h5-10,15H,3-4,11H2,1-2H3. The topological polar surface area (TPSA) is 74.6 Å². The second-order valence-corrected chi connectivity index (χ2v) is 5.70. The van der Waals surface area contributed by atoms with Gasteiger partial charge >= 0.3 is 11.9 Å². The van der Waals surface area contributed by atoms with Crippen LogP contribution in [0.1, 0.15) is 30.8 Å². The summed E-state index contributed by atoms with van der Waals surface area (Å²) in [7, 11) is 0. The van der Waals surface area contributed by atoms with Gasteiger partial charge in [-0.3, -0.25) is 19.0 Å². The van der Waals surface area contributed by atoms with Crippen molar-refractivity contribution < 1.29 is 23.9 Å². The van der Waals surface area contributed by atoms with Crippen LogP contribution in [0.4, 0.5) is 0 Å². The highest BCUT2D eigenvalue weighted by molar-refractivity contribution is 6.11. The number of allylic oxidation sites excluding steroid dienone is 1. The third-order valence-corrected chi connectivity index (χ3v) is 4.11. The predicted molar refractivity (Wildman–Crippen MR) is 91.9 cm³/mol. The average Bonchev–Trinajstić information content (AvgIpc) is 3.09. The van der Waals surface area contributed by atoms with Gasteiger partial charge in [0.25, 0.3) is 5.91 Å².